The molecule has 5 heterocycles. The zero-order valence-corrected chi connectivity index (χ0v) is 64.7. The lowest BCUT2D eigenvalue weighted by Gasteiger charge is -2.34. The first kappa shape index (κ1) is 75.0. The van der Waals surface area contributed by atoms with Crippen LogP contribution in [0.4, 0.5) is 0 Å². The maximum absolute atomic E-state index is 16.0. The average molecular weight is 1370 g/mol. The fourth-order valence-corrected chi connectivity index (χ4v) is 20.8. The van der Waals surface area contributed by atoms with Crippen LogP contribution >= 0.6 is 34.0 Å². The molecule has 0 aliphatic carbocycles. The minimum Gasteiger partial charge on any atom is -0.274 e. The fourth-order valence-electron chi connectivity index (χ4n) is 16.7. The second-order valence-corrected chi connectivity index (χ2v) is 35.6. The molecule has 2 atom stereocenters. The first-order chi connectivity index (χ1) is 47.0. The minimum atomic E-state index is -0.425. The Morgan fingerprint density at radius 3 is 1.05 bits per heavy atom. The highest BCUT2D eigenvalue weighted by Gasteiger charge is 2.41. The first-order valence-electron chi connectivity index (χ1n) is 40.0. The average Bonchev–Trinajstić information content (AvgIpc) is 1.04. The lowest BCUT2D eigenvalue weighted by molar-refractivity contribution is 0.0562. The monoisotopic (exact) mass is 1370 g/mol. The van der Waals surface area contributed by atoms with Crippen LogP contribution in [-0.4, -0.2) is 46.5 Å². The van der Waals surface area contributed by atoms with Crippen LogP contribution in [-0.2, 0) is 10.8 Å². The van der Waals surface area contributed by atoms with Gasteiger partial charge in [-0.3, -0.25) is 29.0 Å². The molecule has 0 saturated heterocycles. The summed E-state index contributed by atoms with van der Waals surface area (Å²) < 4.78 is 5.15. The molecule has 2 aliphatic heterocycles. The molecule has 0 radical (unpaired) electrons. The van der Waals surface area contributed by atoms with Gasteiger partial charge in [0.05, 0.1) is 9.40 Å². The Hall–Kier alpha value is -4.70. The van der Waals surface area contributed by atoms with Crippen molar-refractivity contribution in [3.8, 4) is 10.4 Å². The van der Waals surface area contributed by atoms with Gasteiger partial charge in [0.1, 0.15) is 0 Å². The highest BCUT2D eigenvalue weighted by atomic mass is 32.1. The van der Waals surface area contributed by atoms with Crippen LogP contribution < -0.4 is 0 Å². The van der Waals surface area contributed by atoms with E-state index < -0.39 is 5.41 Å². The molecule has 0 bridgehead atoms. The zero-order chi connectivity index (χ0) is 68.6. The van der Waals surface area contributed by atoms with Gasteiger partial charge in [0.15, 0.2) is 0 Å². The van der Waals surface area contributed by atoms with Gasteiger partial charge in [0.25, 0.3) is 23.6 Å². The first-order valence-corrected chi connectivity index (χ1v) is 42.4. The van der Waals surface area contributed by atoms with Gasteiger partial charge < -0.3 is 0 Å². The molecule has 3 aromatic heterocycles. The Kier molecular flexibility index (Phi) is 27.6. The normalized spacial score (nSPS) is 14.5. The number of carbonyl (C=O) groups excluding carboxylic acids is 4. The van der Waals surface area contributed by atoms with Crippen molar-refractivity contribution in [1.29, 1.82) is 0 Å². The molecule has 10 rings (SSSR count). The predicted molar refractivity (Wildman–Crippen MR) is 424 cm³/mol. The maximum atomic E-state index is 16.0. The van der Waals surface area contributed by atoms with Gasteiger partial charge in [-0.1, -0.05) is 313 Å². The Balaban J connectivity index is 1.03. The van der Waals surface area contributed by atoms with Crippen molar-refractivity contribution >= 4 is 120 Å². The summed E-state index contributed by atoms with van der Waals surface area (Å²) in [5, 5.41) is 7.31. The van der Waals surface area contributed by atoms with E-state index in [0.29, 0.717) is 35.3 Å². The molecule has 0 spiro atoms. The molecule has 9 heteroatoms. The van der Waals surface area contributed by atoms with Crippen molar-refractivity contribution in [3.05, 3.63) is 81.2 Å². The number of nitrogens with zero attached hydrogens (tertiary/aromatic N) is 2. The molecule has 4 amide bonds. The molecular formula is C88H124N2O4S3. The van der Waals surface area contributed by atoms with E-state index in [-0.39, 0.29) is 40.9 Å². The third kappa shape index (κ3) is 18.0. The van der Waals surface area contributed by atoms with E-state index in [1.54, 1.807) is 9.80 Å². The summed E-state index contributed by atoms with van der Waals surface area (Å²) in [5.41, 5.74) is 4.04. The second kappa shape index (κ2) is 35.8. The molecule has 5 aromatic carbocycles. The largest absolute Gasteiger partial charge is 0.274 e. The summed E-state index contributed by atoms with van der Waals surface area (Å²) in [6.45, 7) is 23.7. The number of benzene rings is 5. The van der Waals surface area contributed by atoms with Crippen molar-refractivity contribution in [2.75, 3.05) is 13.1 Å². The number of carbonyl (C=O) groups is 4. The zero-order valence-electron chi connectivity index (χ0n) is 62.2. The SMILES string of the molecule is CCCCCCCCCCCCC(CCCCCCCCCC)CN1C(=O)c2ccc3c4c(C(C)(C)C)cc5c6c(ccc(c7c(-c8cc9sc%10cc(C(C)(C)C)sc%10c9s8)cc(c2c37)C1=O)c64)C(=O)N(CC(CCCCCCCCCC)CCCCCCCCCCCC)C5=O. The second-order valence-electron chi connectivity index (χ2n) is 32.4. The molecule has 0 fully saturated rings. The van der Waals surface area contributed by atoms with E-state index in [1.165, 1.54) is 229 Å². The van der Waals surface area contributed by atoms with Crippen LogP contribution in [0.1, 0.15) is 378 Å². The quantitative estimate of drug-likeness (QED) is 0.0165. The Morgan fingerprint density at radius 1 is 0.320 bits per heavy atom. The molecule has 528 valence electrons. The highest BCUT2D eigenvalue weighted by Crippen LogP contribution is 2.55. The van der Waals surface area contributed by atoms with Crippen molar-refractivity contribution in [1.82, 2.24) is 9.80 Å². The molecule has 97 heavy (non-hydrogen) atoms. The van der Waals surface area contributed by atoms with Crippen LogP contribution in [0, 0.1) is 11.8 Å². The van der Waals surface area contributed by atoms with Crippen LogP contribution in [0.2, 0.25) is 0 Å². The van der Waals surface area contributed by atoms with Gasteiger partial charge in [0.2, 0.25) is 0 Å². The minimum absolute atomic E-state index is 0.0258. The lowest BCUT2D eigenvalue weighted by atomic mass is 9.75. The molecule has 6 nitrogen and oxygen atoms in total. The molecule has 2 aliphatic rings. The van der Waals surface area contributed by atoms with Gasteiger partial charge in [-0.15, -0.1) is 34.0 Å². The van der Waals surface area contributed by atoms with Crippen molar-refractivity contribution in [2.45, 2.75) is 337 Å². The maximum Gasteiger partial charge on any atom is 0.261 e. The number of fused-ring (bicyclic) bond motifs is 5. The van der Waals surface area contributed by atoms with E-state index in [9.17, 15) is 0 Å². The van der Waals surface area contributed by atoms with Gasteiger partial charge in [0, 0.05) is 70.8 Å². The molecular weight excluding hydrogens is 1250 g/mol. The standard InChI is InChI=1S/C88H124N2O4S3/c1-11-15-19-23-27-31-33-37-41-45-48-61(47-43-39-35-29-25-21-17-13-3)59-89-83(91)65-54-52-64-78-70(87(5,6)7)56-69-77-66(84(92)90(86(69)94)60-62(49-44-40-36-30-26-22-18-14-4)50-46-42-38-34-32-28-24-20-16-12-2)53-51-63(80(77)78)75-67(55-68(85(89)93)76(65)79(64)75)71-57-72-81(96-71)82-73(95-72)58-74(97-82)88(8,9)10/h51-58,61-62H,11-50,59-60H2,1-10H3. The summed E-state index contributed by atoms with van der Waals surface area (Å²) in [6.07, 6.45) is 49.9. The molecule has 0 N–H and O–H groups in total. The Morgan fingerprint density at radius 2 is 0.660 bits per heavy atom. The Labute approximate surface area is 598 Å². The van der Waals surface area contributed by atoms with E-state index in [2.05, 4.69) is 106 Å². The number of rotatable bonds is 45. The van der Waals surface area contributed by atoms with Crippen molar-refractivity contribution < 1.29 is 19.2 Å². The van der Waals surface area contributed by atoms with Crippen molar-refractivity contribution in [2.24, 2.45) is 11.8 Å². The smallest absolute Gasteiger partial charge is 0.261 e. The van der Waals surface area contributed by atoms with Crippen LogP contribution in [0.15, 0.2) is 48.5 Å². The summed E-state index contributed by atoms with van der Waals surface area (Å²) in [6, 6.07) is 17.4. The van der Waals surface area contributed by atoms with Crippen LogP contribution in [0.25, 0.3) is 72.3 Å². The third-order valence-electron chi connectivity index (χ3n) is 22.4. The molecule has 0 saturated carbocycles. The van der Waals surface area contributed by atoms with Crippen molar-refractivity contribution in [3.63, 3.8) is 0 Å². The van der Waals surface area contributed by atoms with Gasteiger partial charge in [-0.25, -0.2) is 0 Å². The van der Waals surface area contributed by atoms with E-state index in [4.69, 9.17) is 0 Å². The molecule has 2 unspecified atom stereocenters. The van der Waals surface area contributed by atoms with Gasteiger partial charge in [-0.2, -0.15) is 0 Å². The molecule has 8 aromatic rings. The van der Waals surface area contributed by atoms with Crippen LogP contribution in [0.5, 0.6) is 0 Å². The fraction of sp³-hybridized carbons (Fsp3) is 0.636. The van der Waals surface area contributed by atoms with Crippen LogP contribution in [0.3, 0.4) is 0 Å². The summed E-state index contributed by atoms with van der Waals surface area (Å²) >= 11 is 5.58. The highest BCUT2D eigenvalue weighted by molar-refractivity contribution is 7.39. The number of imide groups is 2. The third-order valence-corrected chi connectivity index (χ3v) is 26.6. The number of thiophene rings is 3. The van der Waals surface area contributed by atoms with E-state index in [1.807, 2.05) is 46.1 Å². The summed E-state index contributed by atoms with van der Waals surface area (Å²) in [5.74, 6) is -0.246. The number of hydrogen-bond acceptors (Lipinski definition) is 7. The van der Waals surface area contributed by atoms with Gasteiger partial charge >= 0.3 is 0 Å². The Bertz CT molecular complexity index is 3900. The predicted octanol–water partition coefficient (Wildman–Crippen LogP) is 28.6. The number of unbranched alkanes of at least 4 members (excludes halogenated alkanes) is 32. The van der Waals surface area contributed by atoms with E-state index in [0.717, 1.165) is 110 Å². The van der Waals surface area contributed by atoms with E-state index >= 15 is 19.2 Å². The lowest BCUT2D eigenvalue weighted by Crippen LogP contribution is -2.43. The van der Waals surface area contributed by atoms with Gasteiger partial charge in [-0.05, 0) is 123 Å². The summed E-state index contributed by atoms with van der Waals surface area (Å²) in [7, 11) is 0. The number of hydrogen-bond donors (Lipinski definition) is 0. The topological polar surface area (TPSA) is 74.8 Å². The summed E-state index contributed by atoms with van der Waals surface area (Å²) in [4.78, 5) is 68.8. The number of amides is 4.